The molecule has 23 heavy (non-hydrogen) atoms. The molecule has 1 amide bonds. The first kappa shape index (κ1) is 17.9. The van der Waals surface area contributed by atoms with Crippen molar-refractivity contribution < 1.29 is 22.9 Å². The maximum atomic E-state index is 13.7. The van der Waals surface area contributed by atoms with Crippen molar-refractivity contribution in [3.05, 3.63) is 29.1 Å². The molecule has 1 aliphatic heterocycles. The van der Waals surface area contributed by atoms with E-state index in [1.165, 1.54) is 12.1 Å². The Morgan fingerprint density at radius 3 is 2.78 bits per heavy atom. The summed E-state index contributed by atoms with van der Waals surface area (Å²) >= 11 is 0. The number of nitrogens with one attached hydrogen (secondary N) is 1. The third-order valence-corrected chi connectivity index (χ3v) is 4.91. The highest BCUT2D eigenvalue weighted by Crippen LogP contribution is 2.30. The normalized spacial score (nSPS) is 16.9. The van der Waals surface area contributed by atoms with E-state index in [-0.39, 0.29) is 25.1 Å². The molecular weight excluding hydrogens is 321 g/mol. The second-order valence-corrected chi connectivity index (χ2v) is 8.33. The van der Waals surface area contributed by atoms with Crippen LogP contribution in [0.3, 0.4) is 0 Å². The molecule has 1 heterocycles. The summed E-state index contributed by atoms with van der Waals surface area (Å²) in [6, 6.07) is 2.65. The summed E-state index contributed by atoms with van der Waals surface area (Å²) in [5.74, 6) is -0.157. The van der Waals surface area contributed by atoms with Crippen molar-refractivity contribution in [1.29, 1.82) is 0 Å². The van der Waals surface area contributed by atoms with E-state index in [9.17, 15) is 13.4 Å². The van der Waals surface area contributed by atoms with E-state index >= 15 is 0 Å². The molecule has 0 fully saturated rings. The SMILES string of the molecule is C[C@@H](C(=O)NC(C)(C)C)[S@@](=O)Cc1cc(F)cc2c1OCOC2. The maximum absolute atomic E-state index is 13.7. The Balaban J connectivity index is 2.14. The molecule has 1 aromatic carbocycles. The zero-order valence-electron chi connectivity index (χ0n) is 13.8. The maximum Gasteiger partial charge on any atom is 0.235 e. The summed E-state index contributed by atoms with van der Waals surface area (Å²) in [4.78, 5) is 12.1. The predicted octanol–water partition coefficient (Wildman–Crippen LogP) is 2.24. The number of hydrogen-bond donors (Lipinski definition) is 1. The van der Waals surface area contributed by atoms with Crippen LogP contribution in [0.5, 0.6) is 5.75 Å². The first-order chi connectivity index (χ1) is 10.7. The van der Waals surface area contributed by atoms with E-state index in [4.69, 9.17) is 9.47 Å². The standard InChI is InChI=1S/C16H22FNO4S/c1-10(15(19)18-16(2,3)4)23(20)8-12-6-13(17)5-11-7-21-9-22-14(11)12/h5-6,10H,7-9H2,1-4H3,(H,18,19)/t10-,23-/m0/s1. The van der Waals surface area contributed by atoms with Crippen LogP contribution in [0.2, 0.25) is 0 Å². The van der Waals surface area contributed by atoms with E-state index in [1.807, 2.05) is 20.8 Å². The Hall–Kier alpha value is -1.47. The molecule has 0 aliphatic carbocycles. The van der Waals surface area contributed by atoms with Gasteiger partial charge in [0.25, 0.3) is 0 Å². The summed E-state index contributed by atoms with van der Waals surface area (Å²) in [7, 11) is -1.49. The topological polar surface area (TPSA) is 64.6 Å². The lowest BCUT2D eigenvalue weighted by atomic mass is 10.1. The second-order valence-electron chi connectivity index (χ2n) is 6.57. The first-order valence-electron chi connectivity index (χ1n) is 7.38. The monoisotopic (exact) mass is 343 g/mol. The van der Waals surface area contributed by atoms with Gasteiger partial charge in [0, 0.05) is 27.5 Å². The van der Waals surface area contributed by atoms with Crippen LogP contribution in [0.1, 0.15) is 38.8 Å². The van der Waals surface area contributed by atoms with E-state index in [0.29, 0.717) is 16.9 Å². The van der Waals surface area contributed by atoms with Gasteiger partial charge in [0.1, 0.15) is 16.8 Å². The van der Waals surface area contributed by atoms with Gasteiger partial charge in [-0.3, -0.25) is 9.00 Å². The molecule has 0 radical (unpaired) electrons. The number of halogens is 1. The highest BCUT2D eigenvalue weighted by atomic mass is 32.2. The van der Waals surface area contributed by atoms with Gasteiger partial charge in [-0.2, -0.15) is 0 Å². The molecule has 0 spiro atoms. The summed E-state index contributed by atoms with van der Waals surface area (Å²) in [6.45, 7) is 7.52. The van der Waals surface area contributed by atoms with Gasteiger partial charge >= 0.3 is 0 Å². The Morgan fingerprint density at radius 1 is 1.43 bits per heavy atom. The first-order valence-corrected chi connectivity index (χ1v) is 8.76. The summed E-state index contributed by atoms with van der Waals surface area (Å²) < 4.78 is 36.7. The largest absolute Gasteiger partial charge is 0.467 e. The van der Waals surface area contributed by atoms with Crippen LogP contribution in [0, 0.1) is 5.82 Å². The van der Waals surface area contributed by atoms with Crippen LogP contribution in [0.4, 0.5) is 4.39 Å². The van der Waals surface area contributed by atoms with Gasteiger partial charge in [0.2, 0.25) is 5.91 Å². The van der Waals surface area contributed by atoms with E-state index in [1.54, 1.807) is 6.92 Å². The van der Waals surface area contributed by atoms with Gasteiger partial charge in [-0.1, -0.05) is 0 Å². The van der Waals surface area contributed by atoms with Crippen molar-refractivity contribution >= 4 is 16.7 Å². The van der Waals surface area contributed by atoms with E-state index < -0.39 is 27.4 Å². The molecule has 1 aliphatic rings. The molecule has 0 unspecified atom stereocenters. The summed E-state index contributed by atoms with van der Waals surface area (Å²) in [6.07, 6.45) is 0. The quantitative estimate of drug-likeness (QED) is 0.911. The number of amides is 1. The van der Waals surface area contributed by atoms with Crippen molar-refractivity contribution in [3.63, 3.8) is 0 Å². The Labute approximate surface area is 138 Å². The van der Waals surface area contributed by atoms with Crippen LogP contribution in [-0.4, -0.2) is 27.7 Å². The Morgan fingerprint density at radius 2 is 2.13 bits per heavy atom. The van der Waals surface area contributed by atoms with Crippen molar-refractivity contribution in [3.8, 4) is 5.75 Å². The minimum atomic E-state index is -1.49. The average Bonchev–Trinajstić information content (AvgIpc) is 2.44. The van der Waals surface area contributed by atoms with Gasteiger partial charge in [-0.25, -0.2) is 4.39 Å². The van der Waals surface area contributed by atoms with Crippen LogP contribution in [0.25, 0.3) is 0 Å². The highest BCUT2D eigenvalue weighted by Gasteiger charge is 2.26. The molecule has 5 nitrogen and oxygen atoms in total. The van der Waals surface area contributed by atoms with Crippen LogP contribution < -0.4 is 10.1 Å². The molecule has 0 aromatic heterocycles. The molecular formula is C16H22FNO4S. The number of rotatable bonds is 4. The number of carbonyl (C=O) groups is 1. The molecule has 1 aromatic rings. The summed E-state index contributed by atoms with van der Waals surface area (Å²) in [5.41, 5.74) is 0.695. The van der Waals surface area contributed by atoms with Gasteiger partial charge in [-0.05, 0) is 39.8 Å². The molecule has 1 N–H and O–H groups in total. The zero-order valence-corrected chi connectivity index (χ0v) is 14.6. The van der Waals surface area contributed by atoms with Gasteiger partial charge < -0.3 is 14.8 Å². The molecule has 128 valence electrons. The summed E-state index contributed by atoms with van der Waals surface area (Å²) in [5, 5.41) is 2.10. The molecule has 0 saturated carbocycles. The number of benzene rings is 1. The van der Waals surface area contributed by atoms with Crippen LogP contribution in [-0.2, 0) is 32.7 Å². The predicted molar refractivity (Wildman–Crippen MR) is 85.9 cm³/mol. The molecule has 7 heteroatoms. The van der Waals surface area contributed by atoms with Gasteiger partial charge in [0.05, 0.1) is 12.4 Å². The Bertz CT molecular complexity index is 627. The second kappa shape index (κ2) is 6.97. The molecule has 2 rings (SSSR count). The fraction of sp³-hybridized carbons (Fsp3) is 0.562. The minimum absolute atomic E-state index is 0.0544. The van der Waals surface area contributed by atoms with Gasteiger partial charge in [-0.15, -0.1) is 0 Å². The number of ether oxygens (including phenoxy) is 2. The van der Waals surface area contributed by atoms with Crippen molar-refractivity contribution in [2.75, 3.05) is 6.79 Å². The fourth-order valence-electron chi connectivity index (χ4n) is 2.23. The van der Waals surface area contributed by atoms with Crippen molar-refractivity contribution in [2.45, 2.75) is 50.8 Å². The van der Waals surface area contributed by atoms with E-state index in [0.717, 1.165) is 0 Å². The number of fused-ring (bicyclic) bond motifs is 1. The third kappa shape index (κ3) is 4.75. The zero-order chi connectivity index (χ0) is 17.2. The Kier molecular flexibility index (Phi) is 5.41. The lowest BCUT2D eigenvalue weighted by Crippen LogP contribution is -2.46. The number of hydrogen-bond acceptors (Lipinski definition) is 4. The van der Waals surface area contributed by atoms with Crippen LogP contribution in [0.15, 0.2) is 12.1 Å². The average molecular weight is 343 g/mol. The molecule has 0 saturated heterocycles. The molecule has 0 bridgehead atoms. The molecule has 2 atom stereocenters. The van der Waals surface area contributed by atoms with E-state index in [2.05, 4.69) is 5.32 Å². The minimum Gasteiger partial charge on any atom is -0.467 e. The highest BCUT2D eigenvalue weighted by molar-refractivity contribution is 7.85. The third-order valence-electron chi connectivity index (χ3n) is 3.31. The van der Waals surface area contributed by atoms with Gasteiger partial charge in [0.15, 0.2) is 6.79 Å². The number of carbonyl (C=O) groups excluding carboxylic acids is 1. The van der Waals surface area contributed by atoms with Crippen LogP contribution >= 0.6 is 0 Å². The smallest absolute Gasteiger partial charge is 0.235 e. The van der Waals surface area contributed by atoms with Crippen molar-refractivity contribution in [1.82, 2.24) is 5.32 Å². The lowest BCUT2D eigenvalue weighted by Gasteiger charge is -2.24. The fourth-order valence-corrected chi connectivity index (χ4v) is 3.30. The van der Waals surface area contributed by atoms with Crippen molar-refractivity contribution in [2.24, 2.45) is 0 Å². The lowest BCUT2D eigenvalue weighted by molar-refractivity contribution is -0.121.